The summed E-state index contributed by atoms with van der Waals surface area (Å²) < 4.78 is 65.0. The van der Waals surface area contributed by atoms with Gasteiger partial charge in [-0.05, 0) is 96.5 Å². The van der Waals surface area contributed by atoms with Crippen molar-refractivity contribution in [2.24, 2.45) is 11.8 Å². The molecule has 1 fully saturated rings. The average molecular weight is 761 g/mol. The second kappa shape index (κ2) is 18.7. The van der Waals surface area contributed by atoms with Crippen LogP contribution >= 0.6 is 0 Å². The molecular formula is C44H56O11. The molecule has 0 radical (unpaired) electrons. The molecule has 0 spiro atoms. The largest absolute Gasteiger partial charge is 0.493 e. The second-order valence-corrected chi connectivity index (χ2v) is 13.7. The van der Waals surface area contributed by atoms with Gasteiger partial charge in [-0.25, -0.2) is 0 Å². The Kier molecular flexibility index (Phi) is 14.0. The van der Waals surface area contributed by atoms with Gasteiger partial charge >= 0.3 is 0 Å². The van der Waals surface area contributed by atoms with Crippen LogP contribution in [-0.2, 0) is 14.2 Å². The van der Waals surface area contributed by atoms with E-state index in [0.717, 1.165) is 22.3 Å². The van der Waals surface area contributed by atoms with E-state index in [-0.39, 0.29) is 48.5 Å². The van der Waals surface area contributed by atoms with Crippen molar-refractivity contribution in [1.82, 2.24) is 0 Å². The molecule has 0 bridgehead atoms. The lowest BCUT2D eigenvalue weighted by Crippen LogP contribution is -2.24. The third-order valence-electron chi connectivity index (χ3n) is 10.6. The molecule has 0 aliphatic carbocycles. The SMILES string of the molecule is COc1ccc([C@@H](OC)[C@@H](C)Oc2ccc([C@H]3O[C@H](c4ccc(O[C@H](C)[C@H](OC)c5ccc(OC)c(OC)c5)c(OC)c4)[C@H](C)[C@H]3C)cc2OC)cc1OC. The Bertz CT molecular complexity index is 1730. The summed E-state index contributed by atoms with van der Waals surface area (Å²) >= 11 is 0. The van der Waals surface area contributed by atoms with Gasteiger partial charge in [0.2, 0.25) is 0 Å². The Morgan fingerprint density at radius 2 is 0.745 bits per heavy atom. The van der Waals surface area contributed by atoms with Crippen LogP contribution in [0.3, 0.4) is 0 Å². The van der Waals surface area contributed by atoms with Gasteiger partial charge in [0.25, 0.3) is 0 Å². The van der Waals surface area contributed by atoms with Crippen LogP contribution in [-0.4, -0.2) is 69.1 Å². The van der Waals surface area contributed by atoms with Gasteiger partial charge in [0, 0.05) is 14.2 Å². The first-order valence-corrected chi connectivity index (χ1v) is 18.4. The summed E-state index contributed by atoms with van der Waals surface area (Å²) in [7, 11) is 13.0. The molecular weight excluding hydrogens is 704 g/mol. The van der Waals surface area contributed by atoms with Crippen LogP contribution in [0, 0.1) is 11.8 Å². The molecule has 0 unspecified atom stereocenters. The molecule has 0 N–H and O–H groups in total. The highest BCUT2D eigenvalue weighted by molar-refractivity contribution is 5.48. The molecule has 1 saturated heterocycles. The number of ether oxygens (including phenoxy) is 11. The minimum Gasteiger partial charge on any atom is -0.493 e. The molecule has 8 atom stereocenters. The van der Waals surface area contributed by atoms with E-state index >= 15 is 0 Å². The molecule has 0 amide bonds. The molecule has 0 aromatic heterocycles. The monoisotopic (exact) mass is 760 g/mol. The fourth-order valence-electron chi connectivity index (χ4n) is 7.42. The van der Waals surface area contributed by atoms with E-state index in [1.54, 1.807) is 56.9 Å². The molecule has 11 heteroatoms. The maximum absolute atomic E-state index is 6.83. The zero-order valence-electron chi connectivity index (χ0n) is 34.0. The molecule has 55 heavy (non-hydrogen) atoms. The predicted molar refractivity (Wildman–Crippen MR) is 210 cm³/mol. The van der Waals surface area contributed by atoms with Crippen LogP contribution in [0.2, 0.25) is 0 Å². The molecule has 1 aliphatic heterocycles. The number of rotatable bonds is 18. The Balaban J connectivity index is 1.31. The Morgan fingerprint density at radius 1 is 0.418 bits per heavy atom. The summed E-state index contributed by atoms with van der Waals surface area (Å²) in [6.45, 7) is 8.37. The van der Waals surface area contributed by atoms with Gasteiger partial charge in [-0.15, -0.1) is 0 Å². The average Bonchev–Trinajstić information content (AvgIpc) is 3.51. The minimum atomic E-state index is -0.375. The van der Waals surface area contributed by atoms with Gasteiger partial charge in [0.15, 0.2) is 46.0 Å². The lowest BCUT2D eigenvalue weighted by Gasteiger charge is -2.26. The summed E-state index contributed by atoms with van der Waals surface area (Å²) in [6.07, 6.45) is -1.82. The van der Waals surface area contributed by atoms with Crippen LogP contribution in [0.15, 0.2) is 72.8 Å². The highest BCUT2D eigenvalue weighted by Gasteiger charge is 2.41. The Hall–Kier alpha value is -4.84. The van der Waals surface area contributed by atoms with Crippen molar-refractivity contribution < 1.29 is 52.1 Å². The first-order chi connectivity index (χ1) is 26.5. The number of hydrogen-bond acceptors (Lipinski definition) is 11. The van der Waals surface area contributed by atoms with E-state index in [2.05, 4.69) is 13.8 Å². The number of benzene rings is 4. The fourth-order valence-corrected chi connectivity index (χ4v) is 7.42. The van der Waals surface area contributed by atoms with Gasteiger partial charge in [0.05, 0.1) is 54.9 Å². The maximum atomic E-state index is 6.83. The van der Waals surface area contributed by atoms with Crippen LogP contribution in [0.1, 0.15) is 74.4 Å². The van der Waals surface area contributed by atoms with E-state index in [9.17, 15) is 0 Å². The van der Waals surface area contributed by atoms with Crippen molar-refractivity contribution in [2.75, 3.05) is 56.9 Å². The van der Waals surface area contributed by atoms with Gasteiger partial charge in [-0.2, -0.15) is 0 Å². The van der Waals surface area contributed by atoms with Crippen LogP contribution < -0.4 is 37.9 Å². The van der Waals surface area contributed by atoms with Gasteiger partial charge in [-0.1, -0.05) is 38.1 Å². The van der Waals surface area contributed by atoms with E-state index < -0.39 is 0 Å². The van der Waals surface area contributed by atoms with E-state index in [1.807, 2.05) is 86.6 Å². The van der Waals surface area contributed by atoms with E-state index in [4.69, 9.17) is 52.1 Å². The summed E-state index contributed by atoms with van der Waals surface area (Å²) in [5.41, 5.74) is 3.80. The molecule has 298 valence electrons. The van der Waals surface area contributed by atoms with E-state index in [0.29, 0.717) is 46.0 Å². The van der Waals surface area contributed by atoms with Crippen LogP contribution in [0.25, 0.3) is 0 Å². The highest BCUT2D eigenvalue weighted by Crippen LogP contribution is 2.51. The Labute approximate surface area is 325 Å². The zero-order valence-corrected chi connectivity index (χ0v) is 34.0. The quantitative estimate of drug-likeness (QED) is 0.0971. The van der Waals surface area contributed by atoms with Gasteiger partial charge in [0.1, 0.15) is 24.4 Å². The van der Waals surface area contributed by atoms with Crippen molar-refractivity contribution in [2.45, 2.75) is 64.3 Å². The van der Waals surface area contributed by atoms with Crippen molar-refractivity contribution in [3.8, 4) is 46.0 Å². The topological polar surface area (TPSA) is 102 Å². The maximum Gasteiger partial charge on any atom is 0.161 e. The lowest BCUT2D eigenvalue weighted by molar-refractivity contribution is 0.00798. The standard InChI is InChI=1S/C44H56O11/c1-25-26(2)42(30-16-20-36(40(22-30)50-10)54-28(4)44(52-12)32-14-18-34(46-6)38(24-32)48-8)55-41(25)29-15-19-35(39(21-29)49-9)53-27(3)43(51-11)31-13-17-33(45-5)37(23-31)47-7/h13-28,41-44H,1-12H3/t25-,26-,27-,28-,41+,42+,43+,44+/m1/s1. The van der Waals surface area contributed by atoms with Crippen molar-refractivity contribution in [1.29, 1.82) is 0 Å². The molecule has 1 heterocycles. The van der Waals surface area contributed by atoms with Crippen LogP contribution in [0.4, 0.5) is 0 Å². The molecule has 11 nitrogen and oxygen atoms in total. The third-order valence-corrected chi connectivity index (χ3v) is 10.6. The predicted octanol–water partition coefficient (Wildman–Crippen LogP) is 9.13. The number of hydrogen-bond donors (Lipinski definition) is 0. The third kappa shape index (κ3) is 8.85. The summed E-state index contributed by atoms with van der Waals surface area (Å²) in [5.74, 6) is 5.36. The van der Waals surface area contributed by atoms with Crippen molar-refractivity contribution in [3.63, 3.8) is 0 Å². The van der Waals surface area contributed by atoms with Crippen molar-refractivity contribution in [3.05, 3.63) is 95.1 Å². The van der Waals surface area contributed by atoms with Crippen LogP contribution in [0.5, 0.6) is 46.0 Å². The summed E-state index contributed by atoms with van der Waals surface area (Å²) in [5, 5.41) is 0. The van der Waals surface area contributed by atoms with Gasteiger partial charge < -0.3 is 52.1 Å². The molecule has 0 saturated carbocycles. The van der Waals surface area contributed by atoms with Crippen molar-refractivity contribution >= 4 is 0 Å². The molecule has 5 rings (SSSR count). The normalized spacial score (nSPS) is 20.1. The first-order valence-electron chi connectivity index (χ1n) is 18.4. The first kappa shape index (κ1) is 41.3. The fraction of sp³-hybridized carbons (Fsp3) is 0.455. The smallest absolute Gasteiger partial charge is 0.161 e. The minimum absolute atomic E-state index is 0.176. The lowest BCUT2D eigenvalue weighted by atomic mass is 9.85. The van der Waals surface area contributed by atoms with E-state index in [1.165, 1.54) is 0 Å². The highest BCUT2D eigenvalue weighted by atomic mass is 16.6. The molecule has 1 aliphatic rings. The van der Waals surface area contributed by atoms with Gasteiger partial charge in [-0.3, -0.25) is 0 Å². The number of methoxy groups -OCH3 is 8. The zero-order chi connectivity index (χ0) is 39.8. The summed E-state index contributed by atoms with van der Waals surface area (Å²) in [4.78, 5) is 0. The second-order valence-electron chi connectivity index (χ2n) is 13.7. The molecule has 4 aromatic rings. The Morgan fingerprint density at radius 3 is 1.07 bits per heavy atom. The molecule has 4 aromatic carbocycles. The summed E-state index contributed by atoms with van der Waals surface area (Å²) in [6, 6.07) is 23.4.